The Bertz CT molecular complexity index is 408. The van der Waals surface area contributed by atoms with Crippen LogP contribution in [0.4, 0.5) is 0 Å². The van der Waals surface area contributed by atoms with E-state index in [1.165, 1.54) is 20.1 Å². The topological polar surface area (TPSA) is 12.0 Å². The zero-order valence-corrected chi connectivity index (χ0v) is 15.1. The fourth-order valence-electron chi connectivity index (χ4n) is 2.08. The maximum atomic E-state index is 3.70. The van der Waals surface area contributed by atoms with E-state index in [0.29, 0.717) is 11.5 Å². The van der Waals surface area contributed by atoms with E-state index in [-0.39, 0.29) is 0 Å². The summed E-state index contributed by atoms with van der Waals surface area (Å²) in [6.07, 6.45) is 1.12. The minimum absolute atomic E-state index is 0.309. The van der Waals surface area contributed by atoms with E-state index in [2.05, 4.69) is 83.9 Å². The van der Waals surface area contributed by atoms with Gasteiger partial charge in [0.05, 0.1) is 0 Å². The lowest BCUT2D eigenvalue weighted by atomic mass is 9.85. The molecule has 1 aromatic rings. The fraction of sp³-hybridized carbons (Fsp3) is 0.600. The molecular weight excluding hydrogens is 354 g/mol. The number of halogens is 2. The molecule has 0 radical (unpaired) electrons. The van der Waals surface area contributed by atoms with Crippen LogP contribution in [0.2, 0.25) is 0 Å². The van der Waals surface area contributed by atoms with Gasteiger partial charge in [-0.15, -0.1) is 0 Å². The first kappa shape index (κ1) is 16.2. The molecule has 0 aliphatic rings. The molecule has 0 heterocycles. The third-order valence-corrected chi connectivity index (χ3v) is 4.46. The van der Waals surface area contributed by atoms with Gasteiger partial charge in [0.1, 0.15) is 0 Å². The van der Waals surface area contributed by atoms with E-state index in [0.717, 1.165) is 13.0 Å². The lowest BCUT2D eigenvalue weighted by Crippen LogP contribution is -2.26. The summed E-state index contributed by atoms with van der Waals surface area (Å²) in [6.45, 7) is 12.1. The molecule has 0 aromatic heterocycles. The number of rotatable bonds is 4. The smallest absolute Gasteiger partial charge is 0.0336 e. The summed E-state index contributed by atoms with van der Waals surface area (Å²) in [5.41, 5.74) is 2.91. The lowest BCUT2D eigenvalue weighted by Gasteiger charge is -2.28. The molecule has 102 valence electrons. The molecule has 0 bridgehead atoms. The Balaban J connectivity index is 3.09. The molecule has 0 amide bonds. The quantitative estimate of drug-likeness (QED) is 0.720. The van der Waals surface area contributed by atoms with E-state index < -0.39 is 0 Å². The van der Waals surface area contributed by atoms with Crippen molar-refractivity contribution in [3.05, 3.63) is 32.2 Å². The Labute approximate surface area is 128 Å². The van der Waals surface area contributed by atoms with Gasteiger partial charge in [-0.2, -0.15) is 0 Å². The van der Waals surface area contributed by atoms with Crippen LogP contribution in [0.3, 0.4) is 0 Å². The van der Waals surface area contributed by atoms with Crippen LogP contribution in [0.25, 0.3) is 0 Å². The van der Waals surface area contributed by atoms with Crippen molar-refractivity contribution in [1.82, 2.24) is 5.32 Å². The van der Waals surface area contributed by atoms with E-state index in [9.17, 15) is 0 Å². The standard InChI is InChI=1S/C15H23Br2N/c1-6-18-14(9-15(3,4)5)11-8-12(16)10(2)7-13(11)17/h7-8,14,18H,6,9H2,1-5H3. The van der Waals surface area contributed by atoms with Gasteiger partial charge < -0.3 is 5.32 Å². The van der Waals surface area contributed by atoms with E-state index in [1.54, 1.807) is 0 Å². The summed E-state index contributed by atoms with van der Waals surface area (Å²) in [4.78, 5) is 0. The first-order valence-corrected chi connectivity index (χ1v) is 8.02. The second-order valence-corrected chi connectivity index (χ2v) is 7.71. The summed E-state index contributed by atoms with van der Waals surface area (Å²) >= 11 is 7.33. The third-order valence-electron chi connectivity index (χ3n) is 2.92. The molecule has 1 rings (SSSR count). The van der Waals surface area contributed by atoms with Crippen LogP contribution in [0.5, 0.6) is 0 Å². The van der Waals surface area contributed by atoms with Crippen LogP contribution in [0.15, 0.2) is 21.1 Å². The summed E-state index contributed by atoms with van der Waals surface area (Å²) in [5.74, 6) is 0. The van der Waals surface area contributed by atoms with Crippen LogP contribution in [-0.4, -0.2) is 6.54 Å². The van der Waals surface area contributed by atoms with Crippen molar-refractivity contribution < 1.29 is 0 Å². The van der Waals surface area contributed by atoms with Gasteiger partial charge in [0.25, 0.3) is 0 Å². The zero-order chi connectivity index (χ0) is 13.9. The Morgan fingerprint density at radius 3 is 2.28 bits per heavy atom. The van der Waals surface area contributed by atoms with Gasteiger partial charge in [0.2, 0.25) is 0 Å². The second kappa shape index (κ2) is 6.53. The first-order valence-electron chi connectivity index (χ1n) is 6.43. The van der Waals surface area contributed by atoms with Gasteiger partial charge >= 0.3 is 0 Å². The summed E-state index contributed by atoms with van der Waals surface area (Å²) in [6, 6.07) is 4.81. The third kappa shape index (κ3) is 4.67. The highest BCUT2D eigenvalue weighted by Gasteiger charge is 2.21. The number of hydrogen-bond donors (Lipinski definition) is 1. The molecule has 0 saturated heterocycles. The van der Waals surface area contributed by atoms with Crippen molar-refractivity contribution in [3.8, 4) is 0 Å². The largest absolute Gasteiger partial charge is 0.310 e. The molecular formula is C15H23Br2N. The van der Waals surface area contributed by atoms with Crippen LogP contribution in [0, 0.1) is 12.3 Å². The van der Waals surface area contributed by atoms with Crippen LogP contribution in [0.1, 0.15) is 51.3 Å². The highest BCUT2D eigenvalue weighted by Crippen LogP contribution is 2.35. The lowest BCUT2D eigenvalue weighted by molar-refractivity contribution is 0.313. The highest BCUT2D eigenvalue weighted by molar-refractivity contribution is 9.11. The average Bonchev–Trinajstić information content (AvgIpc) is 2.21. The maximum absolute atomic E-state index is 3.70. The monoisotopic (exact) mass is 375 g/mol. The second-order valence-electron chi connectivity index (χ2n) is 6.00. The number of hydrogen-bond acceptors (Lipinski definition) is 1. The van der Waals surface area contributed by atoms with Gasteiger partial charge in [-0.3, -0.25) is 0 Å². The summed E-state index contributed by atoms with van der Waals surface area (Å²) < 4.78 is 2.37. The Hall–Kier alpha value is 0.140. The molecule has 0 spiro atoms. The molecule has 0 aliphatic carbocycles. The molecule has 1 N–H and O–H groups in total. The first-order chi connectivity index (χ1) is 8.24. The SMILES string of the molecule is CCNC(CC(C)(C)C)c1cc(Br)c(C)cc1Br. The summed E-state index contributed by atoms with van der Waals surface area (Å²) in [5, 5.41) is 3.59. The van der Waals surface area contributed by atoms with Crippen LogP contribution in [-0.2, 0) is 0 Å². The Kier molecular flexibility index (Phi) is 5.88. The molecule has 3 heteroatoms. The minimum Gasteiger partial charge on any atom is -0.310 e. The number of aryl methyl sites for hydroxylation is 1. The van der Waals surface area contributed by atoms with E-state index in [1.807, 2.05) is 0 Å². The molecule has 0 aliphatic heterocycles. The maximum Gasteiger partial charge on any atom is 0.0336 e. The van der Waals surface area contributed by atoms with Crippen molar-refractivity contribution in [3.63, 3.8) is 0 Å². The van der Waals surface area contributed by atoms with Crippen LogP contribution >= 0.6 is 31.9 Å². The molecule has 1 unspecified atom stereocenters. The van der Waals surface area contributed by atoms with Gasteiger partial charge in [-0.25, -0.2) is 0 Å². The Morgan fingerprint density at radius 1 is 1.17 bits per heavy atom. The zero-order valence-electron chi connectivity index (χ0n) is 11.9. The molecule has 0 fully saturated rings. The van der Waals surface area contributed by atoms with E-state index >= 15 is 0 Å². The van der Waals surface area contributed by atoms with Crippen LogP contribution < -0.4 is 5.32 Å². The number of nitrogens with one attached hydrogen (secondary N) is 1. The van der Waals surface area contributed by atoms with Crippen molar-refractivity contribution in [1.29, 1.82) is 0 Å². The molecule has 0 saturated carbocycles. The van der Waals surface area contributed by atoms with Crippen molar-refractivity contribution in [2.24, 2.45) is 5.41 Å². The average molecular weight is 377 g/mol. The van der Waals surface area contributed by atoms with Gasteiger partial charge in [0.15, 0.2) is 0 Å². The van der Waals surface area contributed by atoms with Gasteiger partial charge in [0, 0.05) is 15.0 Å². The highest BCUT2D eigenvalue weighted by atomic mass is 79.9. The predicted molar refractivity (Wildman–Crippen MR) is 87.1 cm³/mol. The summed E-state index contributed by atoms with van der Waals surface area (Å²) in [7, 11) is 0. The Morgan fingerprint density at radius 2 is 1.78 bits per heavy atom. The van der Waals surface area contributed by atoms with Gasteiger partial charge in [-0.1, -0.05) is 59.6 Å². The molecule has 1 aromatic carbocycles. The number of benzene rings is 1. The van der Waals surface area contributed by atoms with Crippen molar-refractivity contribution in [2.75, 3.05) is 6.54 Å². The molecule has 1 nitrogen and oxygen atoms in total. The van der Waals surface area contributed by atoms with E-state index in [4.69, 9.17) is 0 Å². The van der Waals surface area contributed by atoms with Crippen molar-refractivity contribution >= 4 is 31.9 Å². The van der Waals surface area contributed by atoms with Gasteiger partial charge in [-0.05, 0) is 48.6 Å². The van der Waals surface area contributed by atoms with Crippen molar-refractivity contribution in [2.45, 2.75) is 47.1 Å². The normalized spacial score (nSPS) is 13.7. The predicted octanol–water partition coefficient (Wildman–Crippen LogP) is 5.61. The fourth-order valence-corrected chi connectivity index (χ4v) is 3.17. The molecule has 18 heavy (non-hydrogen) atoms. The minimum atomic E-state index is 0.309. The molecule has 1 atom stereocenters.